The third-order valence-electron chi connectivity index (χ3n) is 5.46. The summed E-state index contributed by atoms with van der Waals surface area (Å²) >= 11 is 6.54. The van der Waals surface area contributed by atoms with Crippen molar-refractivity contribution >= 4 is 45.7 Å². The Bertz CT molecular complexity index is 1360. The maximum atomic E-state index is 13.5. The molecule has 0 spiro atoms. The number of benzene rings is 3. The molecule has 0 saturated heterocycles. The molecule has 1 aromatic heterocycles. The summed E-state index contributed by atoms with van der Waals surface area (Å²) in [6, 6.07) is 18.8. The van der Waals surface area contributed by atoms with E-state index >= 15 is 0 Å². The number of aliphatic imine (C=N–C) groups is 1. The molecule has 1 aliphatic heterocycles. The molecule has 0 amide bonds. The number of hydrogen-bond donors (Lipinski definition) is 1. The first-order valence-electron chi connectivity index (χ1n) is 10.5. The number of fused-ring (bicyclic) bond motifs is 1. The van der Waals surface area contributed by atoms with Gasteiger partial charge in [0.15, 0.2) is 0 Å². The molecule has 5 rings (SSSR count). The smallest absolute Gasteiger partial charge is 0.291 e. The molecular formula is C25H21ClFN5O. The molecule has 0 atom stereocenters. The lowest BCUT2D eigenvalue weighted by Gasteiger charge is -2.19. The van der Waals surface area contributed by atoms with Gasteiger partial charge in [0, 0.05) is 28.8 Å². The highest BCUT2D eigenvalue weighted by Gasteiger charge is 2.16. The molecule has 2 heterocycles. The molecule has 8 heteroatoms. The molecule has 1 N–H and O–H groups in total. The van der Waals surface area contributed by atoms with E-state index in [-0.39, 0.29) is 5.82 Å². The van der Waals surface area contributed by atoms with Crippen molar-refractivity contribution < 1.29 is 9.13 Å². The molecule has 0 fully saturated rings. The van der Waals surface area contributed by atoms with E-state index in [1.54, 1.807) is 6.07 Å². The van der Waals surface area contributed by atoms with Gasteiger partial charge in [-0.15, -0.1) is 0 Å². The highest BCUT2D eigenvalue weighted by molar-refractivity contribution is 6.31. The first kappa shape index (κ1) is 21.2. The van der Waals surface area contributed by atoms with Gasteiger partial charge < -0.3 is 10.1 Å². The molecular weight excluding hydrogens is 441 g/mol. The van der Waals surface area contributed by atoms with Crippen LogP contribution in [0.1, 0.15) is 11.1 Å². The first-order chi connectivity index (χ1) is 16.1. The lowest BCUT2D eigenvalue weighted by molar-refractivity contribution is 0.340. The van der Waals surface area contributed by atoms with Crippen molar-refractivity contribution in [3.63, 3.8) is 0 Å². The van der Waals surface area contributed by atoms with Crippen LogP contribution in [0.25, 0.3) is 10.9 Å². The maximum absolute atomic E-state index is 13.5. The Hall–Kier alpha value is -3.71. The number of nitrogens with one attached hydrogen (secondary N) is 1. The van der Waals surface area contributed by atoms with Crippen molar-refractivity contribution in [2.45, 2.75) is 6.42 Å². The molecule has 6 nitrogen and oxygen atoms in total. The molecule has 0 unspecified atom stereocenters. The van der Waals surface area contributed by atoms with Gasteiger partial charge in [0.2, 0.25) is 0 Å². The quantitative estimate of drug-likeness (QED) is 0.420. The van der Waals surface area contributed by atoms with Gasteiger partial charge in [-0.1, -0.05) is 29.8 Å². The highest BCUT2D eigenvalue weighted by Crippen LogP contribution is 2.30. The Morgan fingerprint density at radius 2 is 2.00 bits per heavy atom. The number of hydrogen-bond acceptors (Lipinski definition) is 6. The summed E-state index contributed by atoms with van der Waals surface area (Å²) in [7, 11) is 1.92. The highest BCUT2D eigenvalue weighted by atomic mass is 35.5. The zero-order valence-electron chi connectivity index (χ0n) is 17.9. The zero-order chi connectivity index (χ0) is 22.8. The van der Waals surface area contributed by atoms with Gasteiger partial charge in [0.05, 0.1) is 12.1 Å². The second-order valence-electron chi connectivity index (χ2n) is 7.73. The van der Waals surface area contributed by atoms with E-state index in [1.807, 2.05) is 54.4 Å². The summed E-state index contributed by atoms with van der Waals surface area (Å²) in [5.41, 5.74) is 4.32. The van der Waals surface area contributed by atoms with Crippen LogP contribution >= 0.6 is 11.6 Å². The number of ether oxygens (including phenoxy) is 1. The predicted octanol–water partition coefficient (Wildman–Crippen LogP) is 5.58. The van der Waals surface area contributed by atoms with E-state index in [4.69, 9.17) is 16.3 Å². The van der Waals surface area contributed by atoms with Crippen LogP contribution in [-0.2, 0) is 11.2 Å². The first-order valence-corrected chi connectivity index (χ1v) is 10.9. The second-order valence-corrected chi connectivity index (χ2v) is 8.14. The van der Waals surface area contributed by atoms with Crippen LogP contribution in [-0.4, -0.2) is 36.2 Å². The third-order valence-corrected chi connectivity index (χ3v) is 5.81. The summed E-state index contributed by atoms with van der Waals surface area (Å²) in [5, 5.41) is 4.81. The molecule has 166 valence electrons. The van der Waals surface area contributed by atoms with E-state index in [1.165, 1.54) is 18.5 Å². The largest absolute Gasteiger partial charge is 0.463 e. The number of aromatic nitrogens is 2. The Morgan fingerprint density at radius 3 is 2.79 bits per heavy atom. The summed E-state index contributed by atoms with van der Waals surface area (Å²) < 4.78 is 19.1. The van der Waals surface area contributed by atoms with Crippen LogP contribution in [0, 0.1) is 5.82 Å². The molecule has 33 heavy (non-hydrogen) atoms. The Morgan fingerprint density at radius 1 is 1.09 bits per heavy atom. The number of amidine groups is 1. The van der Waals surface area contributed by atoms with Crippen LogP contribution in [0.2, 0.25) is 5.02 Å². The van der Waals surface area contributed by atoms with Gasteiger partial charge in [-0.25, -0.2) is 19.4 Å². The fraction of sp³-hybridized carbons (Fsp3) is 0.160. The Kier molecular flexibility index (Phi) is 5.79. The maximum Gasteiger partial charge on any atom is 0.291 e. The van der Waals surface area contributed by atoms with Crippen molar-refractivity contribution in [3.05, 3.63) is 89.0 Å². The van der Waals surface area contributed by atoms with E-state index in [0.717, 1.165) is 33.4 Å². The second kappa shape index (κ2) is 9.03. The van der Waals surface area contributed by atoms with Gasteiger partial charge in [0.1, 0.15) is 24.6 Å². The summed E-state index contributed by atoms with van der Waals surface area (Å²) in [5.74, 6) is 0.410. The monoisotopic (exact) mass is 461 g/mol. The topological polar surface area (TPSA) is 62.6 Å². The van der Waals surface area contributed by atoms with Gasteiger partial charge in [-0.05, 0) is 60.0 Å². The summed E-state index contributed by atoms with van der Waals surface area (Å²) in [6.07, 6.45) is 2.08. The minimum absolute atomic E-state index is 0.255. The van der Waals surface area contributed by atoms with Crippen molar-refractivity contribution in [3.8, 4) is 0 Å². The van der Waals surface area contributed by atoms with Gasteiger partial charge >= 0.3 is 0 Å². The SMILES string of the molecule is CN(C1=NCCO1)c1ccc2ncnc(Nc3ccc(Cc4cccc(F)c4)c(Cl)c3)c2c1. The lowest BCUT2D eigenvalue weighted by Crippen LogP contribution is -2.26. The van der Waals surface area contributed by atoms with Crippen molar-refractivity contribution in [1.82, 2.24) is 9.97 Å². The minimum atomic E-state index is -0.255. The fourth-order valence-electron chi connectivity index (χ4n) is 3.76. The standard InChI is InChI=1S/C25H21ClFN5O/c1-32(25-28-9-10-33-25)20-7-8-23-21(14-20)24(30-15-29-23)31-19-6-5-17(22(26)13-19)11-16-3-2-4-18(27)12-16/h2-8,12-15H,9-11H2,1H3,(H,29,30,31). The zero-order valence-corrected chi connectivity index (χ0v) is 18.7. The van der Waals surface area contributed by atoms with Crippen molar-refractivity contribution in [2.24, 2.45) is 4.99 Å². The van der Waals surface area contributed by atoms with Gasteiger partial charge in [-0.2, -0.15) is 0 Å². The molecule has 0 saturated carbocycles. The lowest BCUT2D eigenvalue weighted by atomic mass is 10.0. The minimum Gasteiger partial charge on any atom is -0.463 e. The van der Waals surface area contributed by atoms with Crippen molar-refractivity contribution in [1.29, 1.82) is 0 Å². The molecule has 3 aromatic carbocycles. The number of halogens is 2. The van der Waals surface area contributed by atoms with E-state index in [9.17, 15) is 4.39 Å². The summed E-state index contributed by atoms with van der Waals surface area (Å²) in [4.78, 5) is 15.1. The van der Waals surface area contributed by atoms with Gasteiger partial charge in [-0.3, -0.25) is 4.90 Å². The Balaban J connectivity index is 1.41. The molecule has 0 bridgehead atoms. The van der Waals surface area contributed by atoms with E-state index < -0.39 is 0 Å². The molecule has 1 aliphatic rings. The average molecular weight is 462 g/mol. The van der Waals surface area contributed by atoms with Gasteiger partial charge in [0.25, 0.3) is 6.02 Å². The number of rotatable bonds is 5. The van der Waals surface area contributed by atoms with Crippen LogP contribution in [0.5, 0.6) is 0 Å². The van der Waals surface area contributed by atoms with Crippen LogP contribution in [0.3, 0.4) is 0 Å². The average Bonchev–Trinajstić information content (AvgIpc) is 3.35. The number of anilines is 3. The molecule has 4 aromatic rings. The van der Waals surface area contributed by atoms with Crippen LogP contribution < -0.4 is 10.2 Å². The normalized spacial score (nSPS) is 13.0. The van der Waals surface area contributed by atoms with E-state index in [2.05, 4.69) is 20.3 Å². The number of nitrogens with zero attached hydrogens (tertiary/aromatic N) is 4. The summed E-state index contributed by atoms with van der Waals surface area (Å²) in [6.45, 7) is 1.26. The van der Waals surface area contributed by atoms with Crippen LogP contribution in [0.15, 0.2) is 72.0 Å². The molecule has 0 radical (unpaired) electrons. The third kappa shape index (κ3) is 4.59. The molecule has 0 aliphatic carbocycles. The predicted molar refractivity (Wildman–Crippen MR) is 130 cm³/mol. The van der Waals surface area contributed by atoms with Crippen LogP contribution in [0.4, 0.5) is 21.6 Å². The van der Waals surface area contributed by atoms with E-state index in [0.29, 0.717) is 36.4 Å². The Labute approximate surface area is 195 Å². The fourth-order valence-corrected chi connectivity index (χ4v) is 4.01. The van der Waals surface area contributed by atoms with Crippen molar-refractivity contribution in [2.75, 3.05) is 30.4 Å².